The molecule has 9 heteroatoms. The number of fused-ring (bicyclic) bond motifs is 2. The van der Waals surface area contributed by atoms with E-state index in [9.17, 15) is 9.59 Å². The minimum absolute atomic E-state index is 0.109. The van der Waals surface area contributed by atoms with Gasteiger partial charge in [-0.1, -0.05) is 51.1 Å². The third-order valence-corrected chi connectivity index (χ3v) is 8.32. The Labute approximate surface area is 206 Å². The molecule has 0 aromatic carbocycles. The first-order valence-electron chi connectivity index (χ1n) is 12.0. The Morgan fingerprint density at radius 2 is 1.91 bits per heavy atom. The van der Waals surface area contributed by atoms with Gasteiger partial charge in [-0.25, -0.2) is 9.97 Å². The first kappa shape index (κ1) is 24.6. The number of amides is 2. The summed E-state index contributed by atoms with van der Waals surface area (Å²) in [6.45, 7) is 13.8. The highest BCUT2D eigenvalue weighted by Gasteiger charge is 2.50. The van der Waals surface area contributed by atoms with Gasteiger partial charge in [0.15, 0.2) is 5.16 Å². The summed E-state index contributed by atoms with van der Waals surface area (Å²) in [5, 5.41) is 0.903. The average molecular weight is 494 g/mol. The highest BCUT2D eigenvalue weighted by atomic mass is 35.5. The van der Waals surface area contributed by atoms with Crippen molar-refractivity contribution in [2.24, 2.45) is 10.8 Å². The molecule has 33 heavy (non-hydrogen) atoms. The highest BCUT2D eigenvalue weighted by Crippen LogP contribution is 2.52. The minimum Gasteiger partial charge on any atom is -0.353 e. The number of carbonyl (C=O) groups is 2. The molecule has 7 nitrogen and oxygen atoms in total. The van der Waals surface area contributed by atoms with Crippen LogP contribution in [0.15, 0.2) is 11.2 Å². The van der Waals surface area contributed by atoms with Crippen molar-refractivity contribution in [2.75, 3.05) is 36.8 Å². The predicted molar refractivity (Wildman–Crippen MR) is 133 cm³/mol. The van der Waals surface area contributed by atoms with E-state index in [1.807, 2.05) is 11.8 Å². The molecule has 2 bridgehead atoms. The molecule has 3 heterocycles. The Hall–Kier alpha value is -1.54. The lowest BCUT2D eigenvalue weighted by Gasteiger charge is -2.40. The number of hydrogen-bond acceptors (Lipinski definition) is 6. The topological polar surface area (TPSA) is 69.6 Å². The molecule has 2 aliphatic heterocycles. The van der Waals surface area contributed by atoms with Gasteiger partial charge in [-0.15, -0.1) is 0 Å². The van der Waals surface area contributed by atoms with Crippen molar-refractivity contribution in [1.29, 1.82) is 0 Å². The van der Waals surface area contributed by atoms with E-state index >= 15 is 0 Å². The number of piperazine rings is 1. The lowest BCUT2D eigenvalue weighted by Crippen LogP contribution is -2.54. The maximum atomic E-state index is 13.1. The van der Waals surface area contributed by atoms with Gasteiger partial charge in [0, 0.05) is 50.7 Å². The van der Waals surface area contributed by atoms with E-state index in [2.05, 4.69) is 42.5 Å². The summed E-state index contributed by atoms with van der Waals surface area (Å²) in [4.78, 5) is 40.5. The SMILES string of the molecule is CCC(=O)N1CCN(c2cc(Cl)nc(SCC(=O)N3CC4(C)CC3CC(C)(C)C4)n2)CC1C. The third-order valence-electron chi connectivity index (χ3n) is 7.30. The standard InChI is InChI=1S/C24H36ClN5O2S/c1-6-20(31)29-8-7-28(12-16(29)2)19-9-18(25)26-22(27-19)33-13-21(32)30-15-24(5)11-17(30)10-23(3,4)14-24/h9,16-17H,6-8,10-15H2,1-5H3. The fourth-order valence-electron chi connectivity index (χ4n) is 6.31. The van der Waals surface area contributed by atoms with Crippen LogP contribution >= 0.6 is 23.4 Å². The Morgan fingerprint density at radius 1 is 1.15 bits per heavy atom. The van der Waals surface area contributed by atoms with Gasteiger partial charge in [0.25, 0.3) is 0 Å². The number of likely N-dealkylation sites (tertiary alicyclic amines) is 1. The zero-order valence-corrected chi connectivity index (χ0v) is 22.0. The second-order valence-electron chi connectivity index (χ2n) is 11.1. The van der Waals surface area contributed by atoms with E-state index in [4.69, 9.17) is 16.6 Å². The summed E-state index contributed by atoms with van der Waals surface area (Å²) >= 11 is 7.68. The predicted octanol–water partition coefficient (Wildman–Crippen LogP) is 4.10. The van der Waals surface area contributed by atoms with Crippen molar-refractivity contribution >= 4 is 41.0 Å². The van der Waals surface area contributed by atoms with Crippen LogP contribution in [0.3, 0.4) is 0 Å². The zero-order chi connectivity index (χ0) is 24.0. The Kier molecular flexibility index (Phi) is 6.89. The molecule has 0 spiro atoms. The summed E-state index contributed by atoms with van der Waals surface area (Å²) in [6.07, 6.45) is 3.87. The molecule has 2 amide bonds. The molecule has 0 radical (unpaired) electrons. The van der Waals surface area contributed by atoms with Crippen LogP contribution in [-0.4, -0.2) is 75.6 Å². The normalized spacial score (nSPS) is 28.8. The third kappa shape index (κ3) is 5.42. The highest BCUT2D eigenvalue weighted by molar-refractivity contribution is 7.99. The van der Waals surface area contributed by atoms with Crippen LogP contribution in [0.25, 0.3) is 0 Å². The van der Waals surface area contributed by atoms with Crippen LogP contribution in [0.5, 0.6) is 0 Å². The molecule has 1 aromatic heterocycles. The van der Waals surface area contributed by atoms with Gasteiger partial charge in [-0.2, -0.15) is 0 Å². The average Bonchev–Trinajstić information content (AvgIpc) is 2.99. The molecule has 1 aliphatic carbocycles. The number of aromatic nitrogens is 2. The fraction of sp³-hybridized carbons (Fsp3) is 0.750. The zero-order valence-electron chi connectivity index (χ0n) is 20.4. The second-order valence-corrected chi connectivity index (χ2v) is 12.4. The summed E-state index contributed by atoms with van der Waals surface area (Å²) < 4.78 is 0. The van der Waals surface area contributed by atoms with E-state index in [-0.39, 0.29) is 28.7 Å². The van der Waals surface area contributed by atoms with Crippen molar-refractivity contribution < 1.29 is 9.59 Å². The van der Waals surface area contributed by atoms with Gasteiger partial charge in [0.2, 0.25) is 11.8 Å². The summed E-state index contributed by atoms with van der Waals surface area (Å²) in [6, 6.07) is 2.22. The number of carbonyl (C=O) groups excluding carboxylic acids is 2. The summed E-state index contributed by atoms with van der Waals surface area (Å²) in [7, 11) is 0. The van der Waals surface area contributed by atoms with Crippen molar-refractivity contribution in [2.45, 2.75) is 77.5 Å². The molecule has 3 aliphatic rings. The molecule has 1 saturated carbocycles. The number of nitrogens with zero attached hydrogens (tertiary/aromatic N) is 5. The summed E-state index contributed by atoms with van der Waals surface area (Å²) in [5.41, 5.74) is 0.512. The van der Waals surface area contributed by atoms with Crippen molar-refractivity contribution in [3.8, 4) is 0 Å². The van der Waals surface area contributed by atoms with Gasteiger partial charge < -0.3 is 14.7 Å². The molecule has 4 rings (SSSR count). The Bertz CT molecular complexity index is 928. The van der Waals surface area contributed by atoms with Crippen LogP contribution in [0.4, 0.5) is 5.82 Å². The molecule has 0 N–H and O–H groups in total. The van der Waals surface area contributed by atoms with Crippen LogP contribution in [0, 0.1) is 10.8 Å². The van der Waals surface area contributed by atoms with Crippen LogP contribution in [0.1, 0.15) is 60.3 Å². The maximum absolute atomic E-state index is 13.1. The molecule has 2 saturated heterocycles. The smallest absolute Gasteiger partial charge is 0.233 e. The molecule has 3 unspecified atom stereocenters. The van der Waals surface area contributed by atoms with Gasteiger partial charge >= 0.3 is 0 Å². The number of halogens is 1. The Morgan fingerprint density at radius 3 is 2.61 bits per heavy atom. The number of thioether (sulfide) groups is 1. The second kappa shape index (κ2) is 9.25. The number of rotatable bonds is 5. The molecule has 182 valence electrons. The first-order valence-corrected chi connectivity index (χ1v) is 13.4. The maximum Gasteiger partial charge on any atom is 0.233 e. The van der Waals surface area contributed by atoms with Gasteiger partial charge in [-0.3, -0.25) is 9.59 Å². The minimum atomic E-state index is 0.109. The van der Waals surface area contributed by atoms with Crippen LogP contribution in [-0.2, 0) is 9.59 Å². The van der Waals surface area contributed by atoms with Crippen molar-refractivity contribution in [3.05, 3.63) is 11.2 Å². The Balaban J connectivity index is 1.39. The molecular weight excluding hydrogens is 458 g/mol. The molecular formula is C24H36ClN5O2S. The van der Waals surface area contributed by atoms with E-state index < -0.39 is 0 Å². The molecule has 3 fully saturated rings. The van der Waals surface area contributed by atoms with Crippen molar-refractivity contribution in [3.63, 3.8) is 0 Å². The van der Waals surface area contributed by atoms with Crippen molar-refractivity contribution in [1.82, 2.24) is 19.8 Å². The largest absolute Gasteiger partial charge is 0.353 e. The van der Waals surface area contributed by atoms with Crippen LogP contribution in [0.2, 0.25) is 5.15 Å². The van der Waals surface area contributed by atoms with Gasteiger partial charge in [-0.05, 0) is 37.0 Å². The molecule has 1 aromatic rings. The lowest BCUT2D eigenvalue weighted by atomic mass is 9.65. The van der Waals surface area contributed by atoms with Gasteiger partial charge in [0.05, 0.1) is 5.75 Å². The fourth-order valence-corrected chi connectivity index (χ4v) is 7.28. The van der Waals surface area contributed by atoms with E-state index in [0.717, 1.165) is 25.2 Å². The quantitative estimate of drug-likeness (QED) is 0.349. The number of anilines is 1. The lowest BCUT2D eigenvalue weighted by molar-refractivity contribution is -0.133. The number of hydrogen-bond donors (Lipinski definition) is 0. The summed E-state index contributed by atoms with van der Waals surface area (Å²) in [5.74, 6) is 1.42. The van der Waals surface area contributed by atoms with E-state index in [1.54, 1.807) is 6.07 Å². The van der Waals surface area contributed by atoms with Crippen LogP contribution < -0.4 is 4.90 Å². The molecule has 3 atom stereocenters. The monoisotopic (exact) mass is 493 g/mol. The van der Waals surface area contributed by atoms with E-state index in [0.29, 0.717) is 48.2 Å². The first-order chi connectivity index (χ1) is 15.5. The van der Waals surface area contributed by atoms with E-state index in [1.165, 1.54) is 18.2 Å². The van der Waals surface area contributed by atoms with Gasteiger partial charge in [0.1, 0.15) is 11.0 Å².